The number of fused-ring (bicyclic) bond motifs is 2. The zero-order chi connectivity index (χ0) is 40.5. The van der Waals surface area contributed by atoms with Crippen LogP contribution in [-0.4, -0.2) is 133 Å². The van der Waals surface area contributed by atoms with Gasteiger partial charge in [0.2, 0.25) is 17.7 Å². The van der Waals surface area contributed by atoms with E-state index in [-0.39, 0.29) is 17.8 Å². The summed E-state index contributed by atoms with van der Waals surface area (Å²) in [6.45, 7) is 15.7. The smallest absolute Gasteiger partial charge is 0.437 e. The first kappa shape index (κ1) is 38.1. The molecule has 9 rings (SSSR count). The lowest BCUT2D eigenvalue weighted by molar-refractivity contribution is -0.134. The van der Waals surface area contributed by atoms with Gasteiger partial charge in [-0.3, -0.25) is 29.6 Å². The van der Waals surface area contributed by atoms with Crippen molar-refractivity contribution in [2.24, 2.45) is 0 Å². The summed E-state index contributed by atoms with van der Waals surface area (Å²) in [5.74, 6) is 1.10. The molecule has 15 nitrogen and oxygen atoms in total. The van der Waals surface area contributed by atoms with E-state index in [9.17, 15) is 14.4 Å². The van der Waals surface area contributed by atoms with Crippen molar-refractivity contribution in [3.63, 3.8) is 0 Å². The van der Waals surface area contributed by atoms with Gasteiger partial charge in [0.15, 0.2) is 5.52 Å². The molecule has 2 N–H and O–H groups in total. The molecular weight excluding hydrogens is 747 g/mol. The molecule has 59 heavy (non-hydrogen) atoms. The first-order chi connectivity index (χ1) is 28.8. The van der Waals surface area contributed by atoms with E-state index in [2.05, 4.69) is 85.3 Å². The van der Waals surface area contributed by atoms with Crippen LogP contribution in [0.25, 0.3) is 22.0 Å². The molecule has 0 radical (unpaired) electrons. The zero-order valence-corrected chi connectivity index (χ0v) is 33.3. The van der Waals surface area contributed by atoms with Crippen LogP contribution < -0.4 is 29.7 Å². The summed E-state index contributed by atoms with van der Waals surface area (Å²) >= 11 is 0. The predicted octanol–water partition coefficient (Wildman–Crippen LogP) is 4.25. The highest BCUT2D eigenvalue weighted by Crippen LogP contribution is 2.36. The summed E-state index contributed by atoms with van der Waals surface area (Å²) in [4.78, 5) is 61.6. The van der Waals surface area contributed by atoms with Gasteiger partial charge in [-0.15, -0.1) is 0 Å². The molecular formula is C44H48N11O4+. The number of ether oxygens (including phenoxy) is 1. The van der Waals surface area contributed by atoms with Crippen LogP contribution in [0.1, 0.15) is 17.5 Å². The molecule has 3 aromatic carbocycles. The van der Waals surface area contributed by atoms with E-state index >= 15 is 0 Å². The Bertz CT molecular complexity index is 2410. The molecule has 3 saturated heterocycles. The summed E-state index contributed by atoms with van der Waals surface area (Å²) in [5.41, 5.74) is 8.85. The molecule has 0 atom stereocenters. The van der Waals surface area contributed by atoms with Crippen LogP contribution >= 0.6 is 0 Å². The quantitative estimate of drug-likeness (QED) is 0.163. The summed E-state index contributed by atoms with van der Waals surface area (Å²) < 4.78 is 7.48. The van der Waals surface area contributed by atoms with Gasteiger partial charge in [-0.05, 0) is 72.1 Å². The largest absolute Gasteiger partial charge is 0.474 e. The SMILES string of the molecule is C=[N+](c1ccc(CN2CCN(C(=O)CN3CCN(c4ccc(N5CCC(=O)NC5=O)cc4)CC3)CC2)cc1)c1ncc2ccc(-c3cnc4c(c3C)NCCO4)cc2n1. The number of piperazine rings is 2. The van der Waals surface area contributed by atoms with Gasteiger partial charge in [0, 0.05) is 108 Å². The van der Waals surface area contributed by atoms with Crippen LogP contribution in [0, 0.1) is 6.92 Å². The van der Waals surface area contributed by atoms with E-state index in [4.69, 9.17) is 9.72 Å². The van der Waals surface area contributed by atoms with Crippen molar-refractivity contribution < 1.29 is 19.1 Å². The Morgan fingerprint density at radius 3 is 2.36 bits per heavy atom. The zero-order valence-electron chi connectivity index (χ0n) is 33.3. The lowest BCUT2D eigenvalue weighted by Crippen LogP contribution is -2.53. The predicted molar refractivity (Wildman–Crippen MR) is 229 cm³/mol. The van der Waals surface area contributed by atoms with Gasteiger partial charge < -0.3 is 19.9 Å². The lowest BCUT2D eigenvalue weighted by atomic mass is 10.00. The second-order valence-corrected chi connectivity index (χ2v) is 15.5. The van der Waals surface area contributed by atoms with Crippen molar-refractivity contribution in [2.45, 2.75) is 19.9 Å². The molecule has 4 aliphatic rings. The van der Waals surface area contributed by atoms with Crippen LogP contribution in [0.5, 0.6) is 5.88 Å². The fraction of sp³-hybridized carbons (Fsp3) is 0.341. The number of pyridine rings is 1. The third-order valence-corrected chi connectivity index (χ3v) is 11.8. The van der Waals surface area contributed by atoms with Crippen molar-refractivity contribution in [1.82, 2.24) is 39.5 Å². The molecule has 0 bridgehead atoms. The minimum Gasteiger partial charge on any atom is -0.474 e. The maximum atomic E-state index is 13.3. The highest BCUT2D eigenvalue weighted by atomic mass is 16.5. The number of imide groups is 1. The number of nitrogens with one attached hydrogen (secondary N) is 2. The number of hydrogen-bond acceptors (Lipinski definition) is 11. The number of amides is 4. The van der Waals surface area contributed by atoms with Crippen LogP contribution in [0.3, 0.4) is 0 Å². The van der Waals surface area contributed by atoms with E-state index in [1.54, 1.807) is 9.48 Å². The van der Waals surface area contributed by atoms with Crippen molar-refractivity contribution in [2.75, 3.05) is 93.7 Å². The first-order valence-corrected chi connectivity index (χ1v) is 20.3. The highest BCUT2D eigenvalue weighted by molar-refractivity contribution is 6.05. The van der Waals surface area contributed by atoms with Gasteiger partial charge >= 0.3 is 12.0 Å². The maximum absolute atomic E-state index is 13.3. The number of carbonyl (C=O) groups excluding carboxylic acids is 3. The van der Waals surface area contributed by atoms with Crippen LogP contribution in [0.15, 0.2) is 79.1 Å². The van der Waals surface area contributed by atoms with E-state index in [0.717, 1.165) is 103 Å². The van der Waals surface area contributed by atoms with Gasteiger partial charge in [0.05, 0.1) is 11.9 Å². The number of carbonyl (C=O) groups is 3. The van der Waals surface area contributed by atoms with E-state index < -0.39 is 0 Å². The number of anilines is 3. The summed E-state index contributed by atoms with van der Waals surface area (Å²) in [6, 6.07) is 22.0. The monoisotopic (exact) mass is 794 g/mol. The molecule has 4 aliphatic heterocycles. The summed E-state index contributed by atoms with van der Waals surface area (Å²) in [6.07, 6.45) is 3.99. The van der Waals surface area contributed by atoms with Gasteiger partial charge in [0.25, 0.3) is 0 Å². The number of nitrogens with zero attached hydrogens (tertiary/aromatic N) is 9. The van der Waals surface area contributed by atoms with Crippen LogP contribution in [-0.2, 0) is 16.1 Å². The first-order valence-electron chi connectivity index (χ1n) is 20.3. The molecule has 0 aliphatic carbocycles. The molecule has 3 fully saturated rings. The number of urea groups is 1. The van der Waals surface area contributed by atoms with Crippen molar-refractivity contribution in [3.8, 4) is 17.0 Å². The average molecular weight is 795 g/mol. The maximum Gasteiger partial charge on any atom is 0.437 e. The van der Waals surface area contributed by atoms with Crippen molar-refractivity contribution in [1.29, 1.82) is 0 Å². The third-order valence-electron chi connectivity index (χ3n) is 11.8. The minimum atomic E-state index is -0.379. The molecule has 4 amide bonds. The molecule has 2 aromatic heterocycles. The molecule has 302 valence electrons. The van der Waals surface area contributed by atoms with Crippen LogP contribution in [0.2, 0.25) is 0 Å². The summed E-state index contributed by atoms with van der Waals surface area (Å²) in [5, 5.41) is 6.73. The Kier molecular flexibility index (Phi) is 10.6. The molecule has 5 aromatic rings. The van der Waals surface area contributed by atoms with Gasteiger partial charge in [-0.25, -0.2) is 14.4 Å². The second-order valence-electron chi connectivity index (χ2n) is 15.5. The van der Waals surface area contributed by atoms with Crippen molar-refractivity contribution >= 4 is 64.2 Å². The number of hydrogen-bond donors (Lipinski definition) is 2. The minimum absolute atomic E-state index is 0.186. The Hall–Kier alpha value is -6.45. The van der Waals surface area contributed by atoms with Crippen molar-refractivity contribution in [3.05, 3.63) is 90.3 Å². The van der Waals surface area contributed by atoms with Gasteiger partial charge in [-0.1, -0.05) is 28.2 Å². The molecule has 0 spiro atoms. The Morgan fingerprint density at radius 2 is 1.59 bits per heavy atom. The lowest BCUT2D eigenvalue weighted by Gasteiger charge is -2.38. The Labute approximate surface area is 342 Å². The molecule has 0 unspecified atom stereocenters. The fourth-order valence-corrected chi connectivity index (χ4v) is 8.24. The number of aromatic nitrogens is 3. The van der Waals surface area contributed by atoms with E-state index in [1.165, 1.54) is 5.56 Å². The fourth-order valence-electron chi connectivity index (χ4n) is 8.24. The van der Waals surface area contributed by atoms with Crippen LogP contribution in [0.4, 0.5) is 33.5 Å². The normalized spacial score (nSPS) is 17.6. The third kappa shape index (κ3) is 8.16. The highest BCUT2D eigenvalue weighted by Gasteiger charge is 2.27. The Morgan fingerprint density at radius 1 is 0.847 bits per heavy atom. The van der Waals surface area contributed by atoms with Gasteiger partial charge in [-0.2, -0.15) is 0 Å². The number of benzene rings is 3. The summed E-state index contributed by atoms with van der Waals surface area (Å²) in [7, 11) is 0. The average Bonchev–Trinajstić information content (AvgIpc) is 3.27. The topological polar surface area (TPSA) is 142 Å². The molecule has 6 heterocycles. The van der Waals surface area contributed by atoms with E-state index in [0.29, 0.717) is 51.0 Å². The molecule has 0 saturated carbocycles. The molecule has 15 heteroatoms. The number of rotatable bonds is 9. The van der Waals surface area contributed by atoms with Gasteiger partial charge in [0.1, 0.15) is 24.2 Å². The second kappa shape index (κ2) is 16.4. The standard InChI is InChI=1S/C44H47N11O4/c1-30-37(27-46-42-41(30)45-14-24-59-42)32-5-6-33-26-47-43(48-38(33)25-32)50(2)34-7-3-31(4-8-34)28-51-18-22-54(23-19-51)40(57)29-52-16-20-53(21-17-52)35-9-11-36(12-10-35)55-15-13-39(56)49-44(55)58/h3-12,25-27,45H,2,13-24,28-29H2,1H3/p+1. The van der Waals surface area contributed by atoms with E-state index in [1.807, 2.05) is 47.6 Å². The Balaban J connectivity index is 0.738.